The lowest BCUT2D eigenvalue weighted by atomic mass is 9.58. The van der Waals surface area contributed by atoms with E-state index in [2.05, 4.69) is 6.92 Å². The highest BCUT2D eigenvalue weighted by Gasteiger charge is 2.49. The average molecular weight is 226 g/mol. The van der Waals surface area contributed by atoms with E-state index in [9.17, 15) is 9.90 Å². The molecule has 2 aliphatic rings. The molecule has 0 saturated heterocycles. The minimum absolute atomic E-state index is 0.0311. The van der Waals surface area contributed by atoms with Crippen LogP contribution in [0.15, 0.2) is 0 Å². The number of ether oxygens (including phenoxy) is 1. The molecule has 0 heterocycles. The molecule has 2 aliphatic carbocycles. The molecule has 3 heteroatoms. The van der Waals surface area contributed by atoms with Crippen LogP contribution in [0.4, 0.5) is 0 Å². The molecule has 0 aromatic carbocycles. The third-order valence-electron chi connectivity index (χ3n) is 4.57. The van der Waals surface area contributed by atoms with E-state index in [0.29, 0.717) is 5.92 Å². The quantitative estimate of drug-likeness (QED) is 0.698. The van der Waals surface area contributed by atoms with Crippen molar-refractivity contribution >= 4 is 5.97 Å². The van der Waals surface area contributed by atoms with Crippen molar-refractivity contribution in [1.29, 1.82) is 0 Å². The van der Waals surface area contributed by atoms with Crippen molar-refractivity contribution in [2.45, 2.75) is 64.6 Å². The molecule has 4 atom stereocenters. The molecular formula is C13H22O3. The van der Waals surface area contributed by atoms with Crippen LogP contribution < -0.4 is 0 Å². The second-order valence-corrected chi connectivity index (χ2v) is 5.60. The lowest BCUT2D eigenvalue weighted by Gasteiger charge is -2.51. The largest absolute Gasteiger partial charge is 0.462 e. The zero-order valence-corrected chi connectivity index (χ0v) is 10.2. The van der Waals surface area contributed by atoms with Gasteiger partial charge in [-0.25, -0.2) is 0 Å². The number of carbonyl (C=O) groups is 1. The monoisotopic (exact) mass is 226 g/mol. The number of carbonyl (C=O) groups excluding carboxylic acids is 1. The summed E-state index contributed by atoms with van der Waals surface area (Å²) >= 11 is 0. The van der Waals surface area contributed by atoms with E-state index < -0.39 is 0 Å². The van der Waals surface area contributed by atoms with Crippen LogP contribution >= 0.6 is 0 Å². The van der Waals surface area contributed by atoms with Gasteiger partial charge in [0.2, 0.25) is 0 Å². The fraction of sp³-hybridized carbons (Fsp3) is 0.923. The van der Waals surface area contributed by atoms with Crippen molar-refractivity contribution in [1.82, 2.24) is 0 Å². The van der Waals surface area contributed by atoms with Crippen LogP contribution in [-0.2, 0) is 9.53 Å². The zero-order valence-electron chi connectivity index (χ0n) is 10.2. The van der Waals surface area contributed by atoms with E-state index in [1.807, 2.05) is 0 Å². The summed E-state index contributed by atoms with van der Waals surface area (Å²) in [6.45, 7) is 3.64. The van der Waals surface area contributed by atoms with Gasteiger partial charge in [0.25, 0.3) is 0 Å². The number of hydrogen-bond acceptors (Lipinski definition) is 3. The number of esters is 1. The molecule has 0 aliphatic heterocycles. The Labute approximate surface area is 97.2 Å². The molecule has 0 aromatic heterocycles. The minimum Gasteiger partial charge on any atom is -0.462 e. The standard InChI is InChI=1S/C13H22O3/c1-9(14)16-11-6-4-8-13(2)10(11)5-3-7-12(13)15/h10-12,15H,3-8H2,1-2H3/t10-,11+,12+,13+/m1/s1. The summed E-state index contributed by atoms with van der Waals surface area (Å²) in [5.74, 6) is 0.170. The molecule has 2 fully saturated rings. The summed E-state index contributed by atoms with van der Waals surface area (Å²) in [5, 5.41) is 10.2. The highest BCUT2D eigenvalue weighted by atomic mass is 16.5. The minimum atomic E-state index is -0.218. The number of aliphatic hydroxyl groups is 1. The summed E-state index contributed by atoms with van der Waals surface area (Å²) in [6.07, 6.45) is 5.95. The average Bonchev–Trinajstić information content (AvgIpc) is 2.20. The second kappa shape index (κ2) is 4.36. The van der Waals surface area contributed by atoms with Gasteiger partial charge in [0.15, 0.2) is 0 Å². The normalized spacial score (nSPS) is 43.6. The van der Waals surface area contributed by atoms with E-state index in [-0.39, 0.29) is 23.6 Å². The second-order valence-electron chi connectivity index (χ2n) is 5.60. The number of hydrogen-bond donors (Lipinski definition) is 1. The van der Waals surface area contributed by atoms with Crippen LogP contribution in [-0.4, -0.2) is 23.3 Å². The summed E-state index contributed by atoms with van der Waals surface area (Å²) in [4.78, 5) is 11.1. The van der Waals surface area contributed by atoms with Crippen molar-refractivity contribution in [3.63, 3.8) is 0 Å². The molecule has 0 bridgehead atoms. The number of aliphatic hydroxyl groups excluding tert-OH is 1. The molecule has 2 saturated carbocycles. The molecule has 0 unspecified atom stereocenters. The van der Waals surface area contributed by atoms with Gasteiger partial charge in [0, 0.05) is 12.8 Å². The fourth-order valence-electron chi connectivity index (χ4n) is 3.64. The van der Waals surface area contributed by atoms with Gasteiger partial charge in [-0.2, -0.15) is 0 Å². The lowest BCUT2D eigenvalue weighted by molar-refractivity contribution is -0.166. The van der Waals surface area contributed by atoms with Crippen LogP contribution in [0.5, 0.6) is 0 Å². The topological polar surface area (TPSA) is 46.5 Å². The summed E-state index contributed by atoms with van der Waals surface area (Å²) < 4.78 is 5.42. The van der Waals surface area contributed by atoms with Gasteiger partial charge < -0.3 is 9.84 Å². The third kappa shape index (κ3) is 1.97. The van der Waals surface area contributed by atoms with Crippen molar-refractivity contribution < 1.29 is 14.6 Å². The molecule has 2 rings (SSSR count). The predicted octanol–water partition coefficient (Wildman–Crippen LogP) is 2.27. The van der Waals surface area contributed by atoms with Gasteiger partial charge >= 0.3 is 5.97 Å². The summed E-state index contributed by atoms with van der Waals surface area (Å²) in [7, 11) is 0. The molecule has 16 heavy (non-hydrogen) atoms. The van der Waals surface area contributed by atoms with Crippen molar-refractivity contribution in [3.05, 3.63) is 0 Å². The molecule has 0 radical (unpaired) electrons. The van der Waals surface area contributed by atoms with Gasteiger partial charge in [-0.1, -0.05) is 13.3 Å². The number of rotatable bonds is 1. The van der Waals surface area contributed by atoms with E-state index in [1.165, 1.54) is 6.92 Å². The molecule has 1 N–H and O–H groups in total. The van der Waals surface area contributed by atoms with Crippen molar-refractivity contribution in [2.24, 2.45) is 11.3 Å². The van der Waals surface area contributed by atoms with Crippen molar-refractivity contribution in [3.8, 4) is 0 Å². The first kappa shape index (κ1) is 11.9. The Balaban J connectivity index is 2.15. The predicted molar refractivity (Wildman–Crippen MR) is 60.9 cm³/mol. The molecule has 3 nitrogen and oxygen atoms in total. The molecule has 0 aromatic rings. The third-order valence-corrected chi connectivity index (χ3v) is 4.57. The SMILES string of the molecule is CC(=O)O[C@H]1CCC[C@@]2(C)[C@@H]1CCC[C@@H]2O. The van der Waals surface area contributed by atoms with Gasteiger partial charge in [-0.05, 0) is 37.5 Å². The zero-order chi connectivity index (χ0) is 11.8. The van der Waals surface area contributed by atoms with Crippen LogP contribution in [0.2, 0.25) is 0 Å². The summed E-state index contributed by atoms with van der Waals surface area (Å²) in [5.41, 5.74) is -0.0311. The Morgan fingerprint density at radius 1 is 1.31 bits per heavy atom. The first-order valence-corrected chi connectivity index (χ1v) is 6.39. The van der Waals surface area contributed by atoms with E-state index in [0.717, 1.165) is 38.5 Å². The van der Waals surface area contributed by atoms with Gasteiger partial charge in [-0.3, -0.25) is 4.79 Å². The van der Waals surface area contributed by atoms with Crippen LogP contribution in [0.1, 0.15) is 52.4 Å². The first-order valence-electron chi connectivity index (χ1n) is 6.39. The van der Waals surface area contributed by atoms with Crippen molar-refractivity contribution in [2.75, 3.05) is 0 Å². The van der Waals surface area contributed by atoms with E-state index in [1.54, 1.807) is 0 Å². The van der Waals surface area contributed by atoms with Gasteiger partial charge in [-0.15, -0.1) is 0 Å². The molecule has 0 spiro atoms. The molecule has 92 valence electrons. The Hall–Kier alpha value is -0.570. The Morgan fingerprint density at radius 3 is 2.75 bits per heavy atom. The maximum absolute atomic E-state index is 11.1. The Bertz CT molecular complexity index is 276. The van der Waals surface area contributed by atoms with Crippen LogP contribution in [0.25, 0.3) is 0 Å². The smallest absolute Gasteiger partial charge is 0.302 e. The number of fused-ring (bicyclic) bond motifs is 1. The fourth-order valence-corrected chi connectivity index (χ4v) is 3.64. The maximum atomic E-state index is 11.1. The van der Waals surface area contributed by atoms with E-state index in [4.69, 9.17) is 4.74 Å². The van der Waals surface area contributed by atoms with Gasteiger partial charge in [0.1, 0.15) is 6.10 Å². The molecular weight excluding hydrogens is 204 g/mol. The molecule has 0 amide bonds. The maximum Gasteiger partial charge on any atom is 0.302 e. The first-order chi connectivity index (χ1) is 7.54. The Kier molecular flexibility index (Phi) is 3.24. The summed E-state index contributed by atoms with van der Waals surface area (Å²) in [6, 6.07) is 0. The van der Waals surface area contributed by atoms with E-state index >= 15 is 0 Å². The lowest BCUT2D eigenvalue weighted by Crippen LogP contribution is -2.51. The highest BCUT2D eigenvalue weighted by Crippen LogP contribution is 2.51. The van der Waals surface area contributed by atoms with Crippen LogP contribution in [0, 0.1) is 11.3 Å². The van der Waals surface area contributed by atoms with Crippen LogP contribution in [0.3, 0.4) is 0 Å². The Morgan fingerprint density at radius 2 is 2.06 bits per heavy atom. The van der Waals surface area contributed by atoms with Gasteiger partial charge in [0.05, 0.1) is 6.10 Å². The highest BCUT2D eigenvalue weighted by molar-refractivity contribution is 5.66.